The Morgan fingerprint density at radius 1 is 1.09 bits per heavy atom. The number of furan rings is 1. The minimum Gasteiger partial charge on any atom is -0.490 e. The third-order valence-electron chi connectivity index (χ3n) is 4.71. The molecule has 0 spiro atoms. The first-order valence-electron chi connectivity index (χ1n) is 10.4. The van der Waals surface area contributed by atoms with E-state index in [0.29, 0.717) is 34.9 Å². The molecule has 4 aromatic rings. The number of hydrazone groups is 1. The number of ether oxygens (including phenoxy) is 2. The van der Waals surface area contributed by atoms with Gasteiger partial charge in [0.2, 0.25) is 5.76 Å². The first kappa shape index (κ1) is 22.5. The number of carbonyl (C=O) groups is 2. The lowest BCUT2D eigenvalue weighted by Crippen LogP contribution is -2.18. The summed E-state index contributed by atoms with van der Waals surface area (Å²) in [6.45, 7) is 3.83. The molecule has 34 heavy (non-hydrogen) atoms. The molecule has 0 aliphatic heterocycles. The third kappa shape index (κ3) is 5.04. The topological polar surface area (TPSA) is 116 Å². The van der Waals surface area contributed by atoms with Crippen LogP contribution < -0.4 is 14.9 Å². The average molecular weight is 459 g/mol. The Hall–Kier alpha value is -4.66. The van der Waals surface area contributed by atoms with Crippen molar-refractivity contribution in [2.45, 2.75) is 13.8 Å². The summed E-state index contributed by atoms with van der Waals surface area (Å²) in [6.07, 6.45) is 2.83. The predicted molar refractivity (Wildman–Crippen MR) is 123 cm³/mol. The summed E-state index contributed by atoms with van der Waals surface area (Å²) in [5.41, 5.74) is 4.61. The number of carbonyl (C=O) groups excluding carboxylic acids is 2. The highest BCUT2D eigenvalue weighted by atomic mass is 16.6. The van der Waals surface area contributed by atoms with Crippen molar-refractivity contribution in [3.8, 4) is 22.8 Å². The second-order valence-electron chi connectivity index (χ2n) is 7.03. The number of rotatable bonds is 8. The van der Waals surface area contributed by atoms with E-state index in [-0.39, 0.29) is 11.5 Å². The summed E-state index contributed by atoms with van der Waals surface area (Å²) in [5, 5.41) is 8.04. The molecule has 1 amide bonds. The van der Waals surface area contributed by atoms with E-state index < -0.39 is 11.9 Å². The van der Waals surface area contributed by atoms with Gasteiger partial charge in [0.25, 0.3) is 5.91 Å². The van der Waals surface area contributed by atoms with Crippen LogP contribution in [0, 0.1) is 6.92 Å². The van der Waals surface area contributed by atoms with Gasteiger partial charge < -0.3 is 18.4 Å². The zero-order valence-electron chi connectivity index (χ0n) is 18.5. The van der Waals surface area contributed by atoms with Gasteiger partial charge >= 0.3 is 5.97 Å². The molecule has 9 heteroatoms. The summed E-state index contributed by atoms with van der Waals surface area (Å²) < 4.78 is 21.2. The summed E-state index contributed by atoms with van der Waals surface area (Å²) in [4.78, 5) is 24.9. The van der Waals surface area contributed by atoms with Crippen LogP contribution in [0.25, 0.3) is 11.3 Å². The number of aromatic nitrogens is 1. The molecular formula is C25H21N3O6. The first-order valence-corrected chi connectivity index (χ1v) is 10.4. The van der Waals surface area contributed by atoms with Crippen molar-refractivity contribution in [2.75, 3.05) is 6.61 Å². The van der Waals surface area contributed by atoms with E-state index in [2.05, 4.69) is 15.7 Å². The van der Waals surface area contributed by atoms with Gasteiger partial charge in [-0.15, -0.1) is 0 Å². The number of nitrogens with one attached hydrogen (secondary N) is 1. The SMILES string of the molecule is CCOc1cc(C=NNC(=O)c2c(-c3ccccc3)noc2C)ccc1OC(=O)c1ccco1. The Morgan fingerprint density at radius 3 is 2.65 bits per heavy atom. The van der Waals surface area contributed by atoms with E-state index in [1.807, 2.05) is 37.3 Å². The van der Waals surface area contributed by atoms with Crippen molar-refractivity contribution >= 4 is 18.1 Å². The van der Waals surface area contributed by atoms with Gasteiger partial charge in [-0.3, -0.25) is 4.79 Å². The Morgan fingerprint density at radius 2 is 1.91 bits per heavy atom. The van der Waals surface area contributed by atoms with Crippen LogP contribution >= 0.6 is 0 Å². The molecule has 0 aliphatic rings. The van der Waals surface area contributed by atoms with E-state index in [1.165, 1.54) is 18.5 Å². The molecule has 0 saturated carbocycles. The maximum Gasteiger partial charge on any atom is 0.379 e. The van der Waals surface area contributed by atoms with Gasteiger partial charge in [0.15, 0.2) is 11.5 Å². The molecule has 172 valence electrons. The third-order valence-corrected chi connectivity index (χ3v) is 4.71. The largest absolute Gasteiger partial charge is 0.490 e. The summed E-state index contributed by atoms with van der Waals surface area (Å²) in [7, 11) is 0. The minimum atomic E-state index is -0.641. The average Bonchev–Trinajstić information content (AvgIpc) is 3.51. The standard InChI is InChI=1S/C25H21N3O6/c1-3-31-21-14-17(11-12-19(21)33-25(30)20-10-7-13-32-20)15-26-27-24(29)22-16(2)34-28-23(22)18-8-5-4-6-9-18/h4-15H,3H2,1-2H3,(H,27,29). The van der Waals surface area contributed by atoms with Crippen LogP contribution in [0.4, 0.5) is 0 Å². The van der Waals surface area contributed by atoms with E-state index in [1.54, 1.807) is 31.2 Å². The number of nitrogens with zero attached hydrogens (tertiary/aromatic N) is 2. The highest BCUT2D eigenvalue weighted by Gasteiger charge is 2.21. The molecular weight excluding hydrogens is 438 g/mol. The Labute approximate surface area is 195 Å². The molecule has 0 bridgehead atoms. The lowest BCUT2D eigenvalue weighted by atomic mass is 10.1. The lowest BCUT2D eigenvalue weighted by Gasteiger charge is -2.10. The summed E-state index contributed by atoms with van der Waals surface area (Å²) in [6, 6.07) is 17.2. The Kier molecular flexibility index (Phi) is 6.83. The van der Waals surface area contributed by atoms with Gasteiger partial charge in [0, 0.05) is 5.56 Å². The van der Waals surface area contributed by atoms with Crippen molar-refractivity contribution in [1.82, 2.24) is 10.6 Å². The number of amides is 1. The molecule has 2 aromatic carbocycles. The zero-order chi connectivity index (χ0) is 23.9. The van der Waals surface area contributed by atoms with Crippen LogP contribution in [0.5, 0.6) is 11.5 Å². The van der Waals surface area contributed by atoms with Crippen LogP contribution in [-0.2, 0) is 0 Å². The molecule has 0 atom stereocenters. The van der Waals surface area contributed by atoms with Gasteiger partial charge in [-0.2, -0.15) is 5.10 Å². The maximum absolute atomic E-state index is 12.8. The fourth-order valence-electron chi connectivity index (χ4n) is 3.16. The second-order valence-corrected chi connectivity index (χ2v) is 7.03. The molecule has 0 unspecified atom stereocenters. The van der Waals surface area contributed by atoms with Crippen LogP contribution in [0.15, 0.2) is 81.0 Å². The molecule has 4 rings (SSSR count). The fourth-order valence-corrected chi connectivity index (χ4v) is 3.16. The lowest BCUT2D eigenvalue weighted by molar-refractivity contribution is 0.0695. The van der Waals surface area contributed by atoms with Crippen molar-refractivity contribution in [3.05, 3.63) is 89.6 Å². The summed E-state index contributed by atoms with van der Waals surface area (Å²) in [5.74, 6) is -0.0561. The number of hydrogen-bond acceptors (Lipinski definition) is 8. The highest BCUT2D eigenvalue weighted by molar-refractivity contribution is 6.01. The van der Waals surface area contributed by atoms with Gasteiger partial charge in [0.1, 0.15) is 17.0 Å². The van der Waals surface area contributed by atoms with Crippen LogP contribution in [0.3, 0.4) is 0 Å². The van der Waals surface area contributed by atoms with E-state index in [9.17, 15) is 9.59 Å². The molecule has 0 aliphatic carbocycles. The van der Waals surface area contributed by atoms with Crippen molar-refractivity contribution in [2.24, 2.45) is 5.10 Å². The number of aryl methyl sites for hydroxylation is 1. The molecule has 2 aromatic heterocycles. The van der Waals surface area contributed by atoms with Gasteiger partial charge in [-0.05, 0) is 49.7 Å². The van der Waals surface area contributed by atoms with Crippen molar-refractivity contribution in [1.29, 1.82) is 0 Å². The monoisotopic (exact) mass is 459 g/mol. The molecule has 1 N–H and O–H groups in total. The summed E-state index contributed by atoms with van der Waals surface area (Å²) >= 11 is 0. The molecule has 9 nitrogen and oxygen atoms in total. The zero-order valence-corrected chi connectivity index (χ0v) is 18.5. The van der Waals surface area contributed by atoms with Gasteiger partial charge in [-0.25, -0.2) is 10.2 Å². The van der Waals surface area contributed by atoms with Crippen LogP contribution in [0.1, 0.15) is 39.2 Å². The number of hydrogen-bond donors (Lipinski definition) is 1. The van der Waals surface area contributed by atoms with Crippen molar-refractivity contribution < 1.29 is 28.0 Å². The maximum atomic E-state index is 12.8. The molecule has 0 radical (unpaired) electrons. The first-order chi connectivity index (χ1) is 16.6. The van der Waals surface area contributed by atoms with Gasteiger partial charge in [0.05, 0.1) is 19.1 Å². The molecule has 0 saturated heterocycles. The van der Waals surface area contributed by atoms with E-state index >= 15 is 0 Å². The Balaban J connectivity index is 1.48. The fraction of sp³-hybridized carbons (Fsp3) is 0.120. The Bertz CT molecular complexity index is 1310. The van der Waals surface area contributed by atoms with E-state index in [4.69, 9.17) is 18.4 Å². The number of benzene rings is 2. The van der Waals surface area contributed by atoms with Crippen LogP contribution in [-0.4, -0.2) is 29.9 Å². The molecule has 2 heterocycles. The predicted octanol–water partition coefficient (Wildman–Crippen LogP) is 4.62. The normalized spacial score (nSPS) is 10.9. The van der Waals surface area contributed by atoms with Crippen LogP contribution in [0.2, 0.25) is 0 Å². The smallest absolute Gasteiger partial charge is 0.379 e. The second kappa shape index (κ2) is 10.3. The molecule has 0 fully saturated rings. The van der Waals surface area contributed by atoms with E-state index in [0.717, 1.165) is 5.56 Å². The number of esters is 1. The quantitative estimate of drug-likeness (QED) is 0.177. The minimum absolute atomic E-state index is 0.0784. The van der Waals surface area contributed by atoms with Gasteiger partial charge in [-0.1, -0.05) is 35.5 Å². The van der Waals surface area contributed by atoms with Crippen molar-refractivity contribution in [3.63, 3.8) is 0 Å². The highest BCUT2D eigenvalue weighted by Crippen LogP contribution is 2.29.